The number of aliphatic hydroxyl groups excluding tert-OH is 1. The fraction of sp³-hybridized carbons (Fsp3) is 0.312. The van der Waals surface area contributed by atoms with Crippen LogP contribution >= 0.6 is 0 Å². The van der Waals surface area contributed by atoms with Crippen molar-refractivity contribution in [2.24, 2.45) is 0 Å². The van der Waals surface area contributed by atoms with Gasteiger partial charge in [-0.1, -0.05) is 6.07 Å². The summed E-state index contributed by atoms with van der Waals surface area (Å²) in [6.45, 7) is 1.52. The molecule has 0 bridgehead atoms. The van der Waals surface area contributed by atoms with Crippen LogP contribution in [-0.2, 0) is 6.18 Å². The van der Waals surface area contributed by atoms with Crippen LogP contribution in [0.2, 0.25) is 0 Å². The van der Waals surface area contributed by atoms with Gasteiger partial charge in [0.1, 0.15) is 0 Å². The van der Waals surface area contributed by atoms with E-state index in [-0.39, 0.29) is 24.5 Å². The van der Waals surface area contributed by atoms with Crippen molar-refractivity contribution < 1.29 is 23.1 Å². The lowest BCUT2D eigenvalue weighted by atomic mass is 10.2. The number of aliphatic hydroxyl groups is 1. The first kappa shape index (κ1) is 18.7. The smallest absolute Gasteiger partial charge is 0.396 e. The Bertz CT molecular complexity index is 831. The molecule has 1 aromatic heterocycles. The van der Waals surface area contributed by atoms with Crippen LogP contribution in [-0.4, -0.2) is 33.9 Å². The highest BCUT2D eigenvalue weighted by Gasteiger charge is 2.30. The number of carbonyl (C=O) groups is 1. The first-order chi connectivity index (χ1) is 11.7. The average molecular weight is 355 g/mol. The van der Waals surface area contributed by atoms with E-state index < -0.39 is 28.8 Å². The van der Waals surface area contributed by atoms with Crippen LogP contribution in [0.1, 0.15) is 28.2 Å². The number of rotatable bonds is 5. The molecule has 25 heavy (non-hydrogen) atoms. The van der Waals surface area contributed by atoms with E-state index in [2.05, 4.69) is 10.4 Å². The van der Waals surface area contributed by atoms with Crippen LogP contribution in [0.3, 0.4) is 0 Å². The van der Waals surface area contributed by atoms with Gasteiger partial charge in [0.25, 0.3) is 5.91 Å². The van der Waals surface area contributed by atoms with E-state index in [4.69, 9.17) is 5.11 Å². The predicted octanol–water partition coefficient (Wildman–Crippen LogP) is 1.67. The van der Waals surface area contributed by atoms with Crippen LogP contribution in [0.25, 0.3) is 5.69 Å². The molecular weight excluding hydrogens is 339 g/mol. The fourth-order valence-corrected chi connectivity index (χ4v) is 2.14. The van der Waals surface area contributed by atoms with Gasteiger partial charge in [-0.25, -0.2) is 4.68 Å². The van der Waals surface area contributed by atoms with Gasteiger partial charge < -0.3 is 10.4 Å². The number of nitrogens with zero attached hydrogens (tertiary/aromatic N) is 2. The zero-order valence-electron chi connectivity index (χ0n) is 13.3. The molecule has 0 fully saturated rings. The van der Waals surface area contributed by atoms with Gasteiger partial charge >= 0.3 is 6.18 Å². The summed E-state index contributed by atoms with van der Waals surface area (Å²) in [6.07, 6.45) is -4.22. The van der Waals surface area contributed by atoms with Crippen molar-refractivity contribution in [1.82, 2.24) is 15.1 Å². The van der Waals surface area contributed by atoms with Crippen LogP contribution in [0.4, 0.5) is 13.2 Å². The maximum absolute atomic E-state index is 12.9. The molecule has 0 saturated carbocycles. The van der Waals surface area contributed by atoms with E-state index >= 15 is 0 Å². The monoisotopic (exact) mass is 355 g/mol. The number of hydrogen-bond donors (Lipinski definition) is 2. The topological polar surface area (TPSA) is 84.2 Å². The van der Waals surface area contributed by atoms with Crippen LogP contribution in [0.5, 0.6) is 0 Å². The van der Waals surface area contributed by atoms with Crippen molar-refractivity contribution in [1.29, 1.82) is 0 Å². The summed E-state index contributed by atoms with van der Waals surface area (Å²) in [4.78, 5) is 24.0. The van der Waals surface area contributed by atoms with Gasteiger partial charge in [-0.2, -0.15) is 18.3 Å². The fourth-order valence-electron chi connectivity index (χ4n) is 2.14. The van der Waals surface area contributed by atoms with E-state index in [0.717, 1.165) is 22.9 Å². The summed E-state index contributed by atoms with van der Waals surface area (Å²) >= 11 is 0. The summed E-state index contributed by atoms with van der Waals surface area (Å²) in [5.74, 6) is -0.751. The number of alkyl halides is 3. The number of amides is 1. The van der Waals surface area contributed by atoms with Crippen molar-refractivity contribution >= 4 is 5.91 Å². The summed E-state index contributed by atoms with van der Waals surface area (Å²) in [7, 11) is 0. The Morgan fingerprint density at radius 1 is 1.32 bits per heavy atom. The molecule has 2 rings (SSSR count). The van der Waals surface area contributed by atoms with Crippen LogP contribution < -0.4 is 10.7 Å². The van der Waals surface area contributed by atoms with Gasteiger partial charge in [-0.3, -0.25) is 9.59 Å². The maximum Gasteiger partial charge on any atom is 0.416 e. The Morgan fingerprint density at radius 2 is 2.04 bits per heavy atom. The second-order valence-electron chi connectivity index (χ2n) is 5.29. The molecule has 1 aromatic carbocycles. The summed E-state index contributed by atoms with van der Waals surface area (Å²) in [6, 6.07) is 5.56. The maximum atomic E-state index is 12.9. The lowest BCUT2D eigenvalue weighted by Crippen LogP contribution is -2.32. The summed E-state index contributed by atoms with van der Waals surface area (Å²) in [5.41, 5.74) is -1.56. The Kier molecular flexibility index (Phi) is 5.58. The number of nitrogens with one attached hydrogen (secondary N) is 1. The quantitative estimate of drug-likeness (QED) is 0.799. The second kappa shape index (κ2) is 7.47. The molecule has 1 heterocycles. The molecule has 0 aliphatic heterocycles. The van der Waals surface area contributed by atoms with Gasteiger partial charge in [0, 0.05) is 24.9 Å². The van der Waals surface area contributed by atoms with Crippen molar-refractivity contribution in [3.05, 3.63) is 57.5 Å². The molecule has 2 N–H and O–H groups in total. The van der Waals surface area contributed by atoms with Gasteiger partial charge in [0.15, 0.2) is 5.69 Å². The molecule has 6 nitrogen and oxygen atoms in total. The Morgan fingerprint density at radius 3 is 2.68 bits per heavy atom. The molecular formula is C16H16F3N3O3. The van der Waals surface area contributed by atoms with Crippen molar-refractivity contribution in [3.8, 4) is 5.69 Å². The highest BCUT2D eigenvalue weighted by molar-refractivity contribution is 5.92. The van der Waals surface area contributed by atoms with Gasteiger partial charge in [-0.15, -0.1) is 0 Å². The number of hydrogen-bond acceptors (Lipinski definition) is 4. The molecule has 0 aliphatic carbocycles. The molecule has 134 valence electrons. The van der Waals surface area contributed by atoms with Gasteiger partial charge in [0.05, 0.1) is 11.3 Å². The first-order valence-corrected chi connectivity index (χ1v) is 7.41. The molecule has 0 spiro atoms. The zero-order chi connectivity index (χ0) is 18.6. The highest BCUT2D eigenvalue weighted by atomic mass is 19.4. The summed E-state index contributed by atoms with van der Waals surface area (Å²) in [5, 5.41) is 15.0. The second-order valence-corrected chi connectivity index (χ2v) is 5.29. The molecule has 0 radical (unpaired) electrons. The van der Waals surface area contributed by atoms with E-state index in [1.807, 2.05) is 0 Å². The predicted molar refractivity (Wildman–Crippen MR) is 83.6 cm³/mol. The average Bonchev–Trinajstić information content (AvgIpc) is 2.54. The molecule has 9 heteroatoms. The van der Waals surface area contributed by atoms with Crippen molar-refractivity contribution in [3.63, 3.8) is 0 Å². The van der Waals surface area contributed by atoms with E-state index in [9.17, 15) is 22.8 Å². The van der Waals surface area contributed by atoms with E-state index in [0.29, 0.717) is 6.42 Å². The minimum absolute atomic E-state index is 0.0803. The molecule has 1 amide bonds. The van der Waals surface area contributed by atoms with Crippen molar-refractivity contribution in [2.45, 2.75) is 19.5 Å². The number of halogens is 3. The Labute approximate surface area is 140 Å². The molecule has 2 aromatic rings. The third kappa shape index (κ3) is 4.44. The Balaban J connectivity index is 2.44. The third-order valence-corrected chi connectivity index (χ3v) is 3.36. The normalized spacial score (nSPS) is 11.4. The third-order valence-electron chi connectivity index (χ3n) is 3.36. The number of aryl methyl sites for hydroxylation is 1. The van der Waals surface area contributed by atoms with E-state index in [1.54, 1.807) is 0 Å². The van der Waals surface area contributed by atoms with Gasteiger partial charge in [0.2, 0.25) is 5.43 Å². The zero-order valence-corrected chi connectivity index (χ0v) is 13.3. The molecule has 0 unspecified atom stereocenters. The van der Waals surface area contributed by atoms with E-state index in [1.165, 1.54) is 19.1 Å². The summed E-state index contributed by atoms with van der Waals surface area (Å²) < 4.78 is 39.7. The lowest BCUT2D eigenvalue weighted by Gasteiger charge is -2.13. The highest BCUT2D eigenvalue weighted by Crippen LogP contribution is 2.30. The minimum atomic E-state index is -4.52. The van der Waals surface area contributed by atoms with Crippen LogP contribution in [0.15, 0.2) is 35.1 Å². The largest absolute Gasteiger partial charge is 0.416 e. The lowest BCUT2D eigenvalue weighted by molar-refractivity contribution is -0.137. The standard InChI is InChI=1S/C16H16F3N3O3/c1-10-8-13(24)14(15(25)20-6-3-7-23)21-22(10)12-5-2-4-11(9-12)16(17,18)19/h2,4-5,8-9,23H,3,6-7H2,1H3,(H,20,25). The van der Waals surface area contributed by atoms with Gasteiger partial charge in [-0.05, 0) is 31.5 Å². The minimum Gasteiger partial charge on any atom is -0.396 e. The SMILES string of the molecule is Cc1cc(=O)c(C(=O)NCCCO)nn1-c1cccc(C(F)(F)F)c1. The van der Waals surface area contributed by atoms with Crippen molar-refractivity contribution in [2.75, 3.05) is 13.2 Å². The van der Waals surface area contributed by atoms with Crippen LogP contribution in [0, 0.1) is 6.92 Å². The molecule has 0 saturated heterocycles. The first-order valence-electron chi connectivity index (χ1n) is 7.41. The number of carbonyl (C=O) groups excluding carboxylic acids is 1. The number of aromatic nitrogens is 2. The molecule has 0 atom stereocenters. The Hall–Kier alpha value is -2.68. The number of benzene rings is 1. The molecule has 0 aliphatic rings.